The first kappa shape index (κ1) is 18.7. The lowest BCUT2D eigenvalue weighted by Gasteiger charge is -2.07. The average molecular weight is 367 g/mol. The van der Waals surface area contributed by atoms with Gasteiger partial charge in [-0.3, -0.25) is 4.79 Å². The molecule has 6 nitrogen and oxygen atoms in total. The molecule has 6 heteroatoms. The summed E-state index contributed by atoms with van der Waals surface area (Å²) >= 11 is 0. The van der Waals surface area contributed by atoms with Crippen LogP contribution in [0.15, 0.2) is 59.0 Å². The smallest absolute Gasteiger partial charge is 0.375 e. The Hall–Kier alpha value is -3.12. The van der Waals surface area contributed by atoms with Crippen molar-refractivity contribution in [2.24, 2.45) is 0 Å². The lowest BCUT2D eigenvalue weighted by molar-refractivity contribution is -0.124. The summed E-state index contributed by atoms with van der Waals surface area (Å²) in [5.74, 6) is -0.977. The van der Waals surface area contributed by atoms with Gasteiger partial charge in [-0.05, 0) is 18.1 Å². The van der Waals surface area contributed by atoms with Gasteiger partial charge in [0.2, 0.25) is 5.76 Å². The topological polar surface area (TPSA) is 77.8 Å². The van der Waals surface area contributed by atoms with E-state index in [9.17, 15) is 9.59 Å². The summed E-state index contributed by atoms with van der Waals surface area (Å²) in [6.07, 6.45) is 0.710. The van der Waals surface area contributed by atoms with Crippen molar-refractivity contribution in [1.82, 2.24) is 5.32 Å². The minimum atomic E-state index is -0.684. The molecular weight excluding hydrogens is 346 g/mol. The molecule has 0 spiro atoms. The van der Waals surface area contributed by atoms with Crippen molar-refractivity contribution in [3.63, 3.8) is 0 Å². The van der Waals surface area contributed by atoms with Gasteiger partial charge in [-0.2, -0.15) is 0 Å². The molecule has 3 aromatic rings. The van der Waals surface area contributed by atoms with Gasteiger partial charge in [-0.25, -0.2) is 4.79 Å². The van der Waals surface area contributed by atoms with Crippen LogP contribution in [0.5, 0.6) is 0 Å². The molecule has 140 valence electrons. The van der Waals surface area contributed by atoms with Crippen molar-refractivity contribution in [1.29, 1.82) is 0 Å². The number of para-hydroxylation sites is 1. The summed E-state index contributed by atoms with van der Waals surface area (Å²) in [6, 6.07) is 17.1. The SMILES string of the molecule is COCc1c(C(=O)OCC(=O)NCCc2ccccc2)oc2ccccc12. The van der Waals surface area contributed by atoms with Gasteiger partial charge >= 0.3 is 5.97 Å². The second-order valence-electron chi connectivity index (χ2n) is 6.00. The molecule has 0 bridgehead atoms. The Bertz CT molecular complexity index is 917. The number of nitrogens with one attached hydrogen (secondary N) is 1. The van der Waals surface area contributed by atoms with E-state index in [0.29, 0.717) is 24.1 Å². The highest BCUT2D eigenvalue weighted by atomic mass is 16.5. The van der Waals surface area contributed by atoms with Gasteiger partial charge in [0, 0.05) is 24.6 Å². The van der Waals surface area contributed by atoms with Gasteiger partial charge in [-0.15, -0.1) is 0 Å². The predicted molar refractivity (Wildman–Crippen MR) is 100 cm³/mol. The van der Waals surface area contributed by atoms with E-state index in [0.717, 1.165) is 10.9 Å². The van der Waals surface area contributed by atoms with E-state index in [2.05, 4.69) is 5.32 Å². The van der Waals surface area contributed by atoms with Crippen molar-refractivity contribution in [3.05, 3.63) is 71.5 Å². The van der Waals surface area contributed by atoms with Crippen LogP contribution in [0.1, 0.15) is 21.7 Å². The first-order valence-corrected chi connectivity index (χ1v) is 8.66. The largest absolute Gasteiger partial charge is 0.450 e. The third-order valence-corrected chi connectivity index (χ3v) is 4.09. The fourth-order valence-corrected chi connectivity index (χ4v) is 2.79. The second kappa shape index (κ2) is 9.00. The lowest BCUT2D eigenvalue weighted by Crippen LogP contribution is -2.30. The Labute approximate surface area is 157 Å². The van der Waals surface area contributed by atoms with E-state index in [1.54, 1.807) is 6.07 Å². The van der Waals surface area contributed by atoms with E-state index in [-0.39, 0.29) is 24.9 Å². The molecule has 0 saturated heterocycles. The lowest BCUT2D eigenvalue weighted by atomic mass is 10.1. The van der Waals surface area contributed by atoms with Crippen LogP contribution in [-0.4, -0.2) is 32.1 Å². The summed E-state index contributed by atoms with van der Waals surface area (Å²) in [6.45, 7) is 0.321. The minimum absolute atomic E-state index is 0.0649. The number of hydrogen-bond acceptors (Lipinski definition) is 5. The molecule has 0 atom stereocenters. The third-order valence-electron chi connectivity index (χ3n) is 4.09. The van der Waals surface area contributed by atoms with Crippen LogP contribution in [0, 0.1) is 0 Å². The van der Waals surface area contributed by atoms with Gasteiger partial charge in [0.05, 0.1) is 6.61 Å². The fraction of sp³-hybridized carbons (Fsp3) is 0.238. The van der Waals surface area contributed by atoms with Gasteiger partial charge in [0.25, 0.3) is 5.91 Å². The molecule has 2 aromatic carbocycles. The maximum atomic E-state index is 12.4. The number of carbonyl (C=O) groups is 2. The Morgan fingerprint density at radius 1 is 1.04 bits per heavy atom. The molecule has 1 amide bonds. The van der Waals surface area contributed by atoms with E-state index in [1.807, 2.05) is 48.5 Å². The summed E-state index contributed by atoms with van der Waals surface area (Å²) in [5, 5.41) is 3.52. The van der Waals surface area contributed by atoms with Crippen molar-refractivity contribution >= 4 is 22.8 Å². The first-order valence-electron chi connectivity index (χ1n) is 8.66. The zero-order chi connectivity index (χ0) is 19.1. The van der Waals surface area contributed by atoms with Crippen molar-refractivity contribution in [2.75, 3.05) is 20.3 Å². The summed E-state index contributed by atoms with van der Waals surface area (Å²) in [4.78, 5) is 24.3. The van der Waals surface area contributed by atoms with Gasteiger partial charge in [-0.1, -0.05) is 48.5 Å². The van der Waals surface area contributed by atoms with Gasteiger partial charge in [0.1, 0.15) is 5.58 Å². The summed E-state index contributed by atoms with van der Waals surface area (Å²) in [5.41, 5.74) is 2.31. The molecule has 0 fully saturated rings. The molecule has 0 radical (unpaired) electrons. The fourth-order valence-electron chi connectivity index (χ4n) is 2.79. The monoisotopic (exact) mass is 367 g/mol. The normalized spacial score (nSPS) is 10.7. The zero-order valence-electron chi connectivity index (χ0n) is 15.1. The van der Waals surface area contributed by atoms with Crippen LogP contribution in [0.25, 0.3) is 11.0 Å². The number of rotatable bonds is 8. The molecule has 0 saturated carbocycles. The number of ether oxygens (including phenoxy) is 2. The Morgan fingerprint density at radius 3 is 2.56 bits per heavy atom. The second-order valence-corrected chi connectivity index (χ2v) is 6.00. The molecule has 3 rings (SSSR count). The Morgan fingerprint density at radius 2 is 1.78 bits per heavy atom. The van der Waals surface area contributed by atoms with Crippen LogP contribution in [0.4, 0.5) is 0 Å². The standard InChI is InChI=1S/C21H21NO5/c1-25-13-17-16-9-5-6-10-18(16)27-20(17)21(24)26-14-19(23)22-12-11-15-7-3-2-4-8-15/h2-10H,11-14H2,1H3,(H,22,23). The molecule has 0 aliphatic rings. The highest BCUT2D eigenvalue weighted by Crippen LogP contribution is 2.27. The molecule has 1 N–H and O–H groups in total. The number of amides is 1. The van der Waals surface area contributed by atoms with Crippen LogP contribution in [-0.2, 0) is 27.3 Å². The zero-order valence-corrected chi connectivity index (χ0v) is 15.1. The van der Waals surface area contributed by atoms with Crippen molar-refractivity contribution < 1.29 is 23.5 Å². The molecule has 0 aliphatic carbocycles. The minimum Gasteiger partial charge on any atom is -0.450 e. The number of carbonyl (C=O) groups excluding carboxylic acids is 2. The maximum absolute atomic E-state index is 12.4. The molecule has 0 unspecified atom stereocenters. The van der Waals surface area contributed by atoms with E-state index < -0.39 is 5.97 Å². The maximum Gasteiger partial charge on any atom is 0.375 e. The van der Waals surface area contributed by atoms with E-state index >= 15 is 0 Å². The van der Waals surface area contributed by atoms with Crippen molar-refractivity contribution in [3.8, 4) is 0 Å². The highest BCUT2D eigenvalue weighted by Gasteiger charge is 2.22. The van der Waals surface area contributed by atoms with Crippen LogP contribution in [0.3, 0.4) is 0 Å². The third kappa shape index (κ3) is 4.74. The molecule has 0 aliphatic heterocycles. The van der Waals surface area contributed by atoms with Gasteiger partial charge < -0.3 is 19.2 Å². The first-order chi connectivity index (χ1) is 13.2. The van der Waals surface area contributed by atoms with E-state index in [4.69, 9.17) is 13.9 Å². The predicted octanol–water partition coefficient (Wildman–Crippen LogP) is 3.09. The number of esters is 1. The van der Waals surface area contributed by atoms with Gasteiger partial charge in [0.15, 0.2) is 6.61 Å². The highest BCUT2D eigenvalue weighted by molar-refractivity contribution is 5.96. The average Bonchev–Trinajstić information content (AvgIpc) is 3.06. The number of furan rings is 1. The van der Waals surface area contributed by atoms with Crippen molar-refractivity contribution in [2.45, 2.75) is 13.0 Å². The van der Waals surface area contributed by atoms with E-state index in [1.165, 1.54) is 7.11 Å². The summed E-state index contributed by atoms with van der Waals surface area (Å²) < 4.78 is 15.9. The molecule has 1 aromatic heterocycles. The Balaban J connectivity index is 1.55. The number of hydrogen-bond donors (Lipinski definition) is 1. The number of methoxy groups -OCH3 is 1. The number of benzene rings is 2. The van der Waals surface area contributed by atoms with Crippen LogP contribution in [0.2, 0.25) is 0 Å². The van der Waals surface area contributed by atoms with Crippen LogP contribution >= 0.6 is 0 Å². The summed E-state index contributed by atoms with van der Waals surface area (Å²) in [7, 11) is 1.54. The Kier molecular flexibility index (Phi) is 6.22. The quantitative estimate of drug-likeness (QED) is 0.619. The molecule has 1 heterocycles. The molecule has 27 heavy (non-hydrogen) atoms. The van der Waals surface area contributed by atoms with Crippen LogP contribution < -0.4 is 5.32 Å². The number of fused-ring (bicyclic) bond motifs is 1. The molecular formula is C21H21NO5.